The van der Waals surface area contributed by atoms with E-state index in [1.54, 1.807) is 0 Å². The lowest BCUT2D eigenvalue weighted by Crippen LogP contribution is -2.64. The largest absolute Gasteiger partial charge is 0.508 e. The van der Waals surface area contributed by atoms with Crippen molar-refractivity contribution in [1.29, 1.82) is 0 Å². The van der Waals surface area contributed by atoms with Gasteiger partial charge in [0.15, 0.2) is 23.9 Å². The molecule has 11 aliphatic rings. The molecule has 0 spiro atoms. The molecule has 2 saturated heterocycles. The van der Waals surface area contributed by atoms with Crippen LogP contribution in [0.2, 0.25) is 10.0 Å². The number of amides is 10. The third-order valence-electron chi connectivity index (χ3n) is 23.9. The maximum absolute atomic E-state index is 16.6. The monoisotopic (exact) mass is 1730 g/mol. The number of benzene rings is 6. The molecular weight excluding hydrogens is 1630 g/mol. The third-order valence-corrected chi connectivity index (χ3v) is 24.5. The van der Waals surface area contributed by atoms with E-state index in [1.807, 2.05) is 13.8 Å². The fourth-order valence-corrected chi connectivity index (χ4v) is 18.4. The number of hydrogen-bond donors (Lipinski definition) is 20. The number of nitrogens with one attached hydrogen (secondary N) is 10. The SMILES string of the molecule is CN[C@H](CC(C)C)C(=O)N[C@H]1C(=O)N[C@@H](CC(=O)NC(=O)Nc2ccc(OC)cc2)C(=O)N[C@H]2C(=O)N[C@H]3C(=O)N[C@H](C(=O)N[C@H](C(=O)NC4C5CC6CC(C5)CC4C6)c4cc(O)cc(O)c4-c4cc3ccc4O)[C@H](O)c3ccc(c(Cl)c3)Oc3cc2cc(c3O[C@@H]2O[C@H](CO)[C@@H](O)[C@H](O)[C@H]2O[C@H]2C[C@](C)(N)[C@H](O)[C@H](C)O2)Oc2ccc(cc2Cl)[C@H]1O. The minimum Gasteiger partial charge on any atom is -0.508 e. The number of aliphatic hydroxyl groups excluding tert-OH is 6. The maximum Gasteiger partial charge on any atom is 0.325 e. The van der Waals surface area contributed by atoms with Crippen molar-refractivity contribution in [3.05, 3.63) is 141 Å². The van der Waals surface area contributed by atoms with E-state index in [9.17, 15) is 60.3 Å². The van der Waals surface area contributed by atoms with Gasteiger partial charge in [-0.1, -0.05) is 55.2 Å². The molecule has 6 fully saturated rings. The molecule has 10 amide bonds. The molecule has 15 bridgehead atoms. The summed E-state index contributed by atoms with van der Waals surface area (Å²) in [6.45, 7) is 5.66. The molecule has 21 N–H and O–H groups in total. The predicted octanol–water partition coefficient (Wildman–Crippen LogP) is 3.83. The first-order valence-electron chi connectivity index (χ1n) is 40.0. The van der Waals surface area contributed by atoms with Crippen LogP contribution >= 0.6 is 23.2 Å². The normalized spacial score (nSPS) is 30.8. The minimum absolute atomic E-state index is 0.0540. The average molecular weight is 1730 g/mol. The second-order valence-electron chi connectivity index (χ2n) is 33.1. The molecule has 122 heavy (non-hydrogen) atoms. The van der Waals surface area contributed by atoms with Crippen LogP contribution in [0.1, 0.15) is 137 Å². The number of methoxy groups -OCH3 is 1. The minimum atomic E-state index is -2.42. The number of carbonyl (C=O) groups excluding carboxylic acids is 9. The Morgan fingerprint density at radius 3 is 1.89 bits per heavy atom. The van der Waals surface area contributed by atoms with Gasteiger partial charge >= 0.3 is 6.03 Å². The Hall–Kier alpha value is -10.7. The van der Waals surface area contributed by atoms with Crippen LogP contribution in [0.25, 0.3) is 11.1 Å². The van der Waals surface area contributed by atoms with Crippen molar-refractivity contribution in [1.82, 2.24) is 47.9 Å². The van der Waals surface area contributed by atoms with Gasteiger partial charge in [0.25, 0.3) is 0 Å². The Morgan fingerprint density at radius 1 is 0.664 bits per heavy atom. The van der Waals surface area contributed by atoms with E-state index in [2.05, 4.69) is 53.2 Å². The average Bonchev–Trinajstić information content (AvgIpc) is 0.759. The molecule has 0 unspecified atom stereocenters. The number of phenols is 3. The Balaban J connectivity index is 0.965. The van der Waals surface area contributed by atoms with Crippen molar-refractivity contribution in [2.75, 3.05) is 26.1 Å². The summed E-state index contributed by atoms with van der Waals surface area (Å²) < 4.78 is 44.2. The summed E-state index contributed by atoms with van der Waals surface area (Å²) in [5.41, 5.74) is 3.02. The summed E-state index contributed by atoms with van der Waals surface area (Å²) in [4.78, 5) is 138. The summed E-state index contributed by atoms with van der Waals surface area (Å²) in [5, 5.41) is 132. The second kappa shape index (κ2) is 36.0. The Labute approximate surface area is 708 Å². The highest BCUT2D eigenvalue weighted by atomic mass is 35.5. The zero-order chi connectivity index (χ0) is 87.4. The van der Waals surface area contributed by atoms with Crippen LogP contribution in [0.15, 0.2) is 103 Å². The number of hydrogen-bond acceptors (Lipinski definition) is 27. The van der Waals surface area contributed by atoms with Crippen LogP contribution < -0.4 is 77.8 Å². The van der Waals surface area contributed by atoms with Gasteiger partial charge in [-0.15, -0.1) is 0 Å². The topological polar surface area (TPSA) is 547 Å². The number of carbonyl (C=O) groups is 9. The van der Waals surface area contributed by atoms with Crippen LogP contribution in [0.5, 0.6) is 51.7 Å². The molecule has 7 aliphatic heterocycles. The molecule has 4 aliphatic carbocycles. The van der Waals surface area contributed by atoms with Crippen molar-refractivity contribution in [3.8, 4) is 62.9 Å². The summed E-state index contributed by atoms with van der Waals surface area (Å²) in [6, 6.07) is 4.45. The Bertz CT molecular complexity index is 5020. The van der Waals surface area contributed by atoms with Crippen LogP contribution in [-0.4, -0.2) is 205 Å². The highest BCUT2D eigenvalue weighted by Gasteiger charge is 2.53. The lowest BCUT2D eigenvalue weighted by atomic mass is 9.54. The number of aliphatic hydroxyl groups is 6. The van der Waals surface area contributed by atoms with E-state index in [-0.39, 0.29) is 86.2 Å². The van der Waals surface area contributed by atoms with Crippen molar-refractivity contribution in [2.24, 2.45) is 35.3 Å². The lowest BCUT2D eigenvalue weighted by molar-refractivity contribution is -0.333. The van der Waals surface area contributed by atoms with Gasteiger partial charge in [-0.05, 0) is 196 Å². The second-order valence-corrected chi connectivity index (χ2v) is 33.9. The number of rotatable bonds is 16. The van der Waals surface area contributed by atoms with Crippen molar-refractivity contribution >= 4 is 82.2 Å². The van der Waals surface area contributed by atoms with E-state index in [0.717, 1.165) is 86.7 Å². The lowest BCUT2D eigenvalue weighted by Gasteiger charge is -2.54. The number of nitrogens with two attached hydrogens (primary N) is 1. The van der Waals surface area contributed by atoms with Crippen molar-refractivity contribution in [3.63, 3.8) is 0 Å². The van der Waals surface area contributed by atoms with E-state index in [1.165, 1.54) is 76.5 Å². The highest BCUT2D eigenvalue weighted by Crippen LogP contribution is 2.55. The fraction of sp³-hybridized carbons (Fsp3) is 0.464. The summed E-state index contributed by atoms with van der Waals surface area (Å²) in [7, 11) is 2.88. The van der Waals surface area contributed by atoms with Gasteiger partial charge < -0.3 is 133 Å². The van der Waals surface area contributed by atoms with Crippen LogP contribution in [0.4, 0.5) is 10.5 Å². The van der Waals surface area contributed by atoms with Gasteiger partial charge in [0.05, 0.1) is 48.4 Å². The van der Waals surface area contributed by atoms with Crippen LogP contribution in [0.3, 0.4) is 0 Å². The zero-order valence-electron chi connectivity index (χ0n) is 66.8. The predicted molar refractivity (Wildman–Crippen MR) is 432 cm³/mol. The number of urea groups is 1. The maximum atomic E-state index is 16.6. The van der Waals surface area contributed by atoms with E-state index < -0.39 is 227 Å². The van der Waals surface area contributed by atoms with Gasteiger partial charge in [-0.3, -0.25) is 43.7 Å². The number of likely N-dealkylation sites (N-methyl/N-ethyl adjacent to an activating group) is 1. The summed E-state index contributed by atoms with van der Waals surface area (Å²) in [5.74, 6) is -13.4. The van der Waals surface area contributed by atoms with Crippen LogP contribution in [-0.2, 0) is 52.6 Å². The molecule has 0 aromatic heterocycles. The summed E-state index contributed by atoms with van der Waals surface area (Å²) >= 11 is 14.5. The third kappa shape index (κ3) is 18.5. The van der Waals surface area contributed by atoms with E-state index in [4.69, 9.17) is 62.1 Å². The smallest absolute Gasteiger partial charge is 0.325 e. The Kier molecular flexibility index (Phi) is 25.9. The molecule has 7 heterocycles. The Morgan fingerprint density at radius 2 is 1.28 bits per heavy atom. The number of ether oxygens (including phenoxy) is 7. The van der Waals surface area contributed by atoms with Gasteiger partial charge in [0, 0.05) is 40.9 Å². The molecule has 38 heteroatoms. The highest BCUT2D eigenvalue weighted by molar-refractivity contribution is 6.32. The zero-order valence-corrected chi connectivity index (χ0v) is 68.4. The quantitative estimate of drug-likeness (QED) is 0.0654. The van der Waals surface area contributed by atoms with Gasteiger partial charge in [0.2, 0.25) is 59.3 Å². The first kappa shape index (κ1) is 87.6. The molecule has 36 nitrogen and oxygen atoms in total. The molecule has 6 aromatic rings. The summed E-state index contributed by atoms with van der Waals surface area (Å²) in [6.07, 6.45) is -14.6. The van der Waals surface area contributed by atoms with Crippen LogP contribution in [0, 0.1) is 29.6 Å². The molecule has 6 aromatic carbocycles. The molecule has 0 radical (unpaired) electrons. The number of anilines is 1. The molecule has 18 atom stereocenters. The van der Waals surface area contributed by atoms with E-state index >= 15 is 28.8 Å². The number of imide groups is 1. The van der Waals surface area contributed by atoms with Gasteiger partial charge in [-0.25, -0.2) is 4.79 Å². The number of phenolic OH excluding ortho intramolecular Hbond substituents is 3. The number of aromatic hydroxyl groups is 3. The molecule has 17 rings (SSSR count). The van der Waals surface area contributed by atoms with E-state index in [0.29, 0.717) is 17.6 Å². The van der Waals surface area contributed by atoms with Gasteiger partial charge in [-0.2, -0.15) is 0 Å². The number of halogens is 2. The first-order valence-corrected chi connectivity index (χ1v) is 40.8. The number of fused-ring (bicyclic) bond motifs is 15. The first-order chi connectivity index (χ1) is 58.0. The fourth-order valence-electron chi connectivity index (χ4n) is 17.9. The molecule has 652 valence electrons. The molecule has 4 saturated carbocycles. The van der Waals surface area contributed by atoms with Crippen molar-refractivity contribution in [2.45, 2.75) is 194 Å². The van der Waals surface area contributed by atoms with Crippen molar-refractivity contribution < 1.29 is 122 Å². The standard InChI is InChI=1S/C84H97Cl2N11O25/c1-33(2)17-50(88-5)75(108)96-66-68(103)38-8-15-54(48(85)24-38)118-56-26-42-27-57(72(56)122-82-73(71(106)70(105)58(32-98)120-82)121-60-31-84(4,87)74(107)34(3)117-60)119-55-16-9-39(25-49(55)86)69(104)67-81(114)95-65(79(112)92-62-40-19-35-18-36(21-40)22-41(62)20-35)47-28-44(99)29-53(101)61(47)46-23-37(7-14-52(46)100)63(77(110)97-67)94-78(111)64(42)93-76(109)51(90-80(66)113)30-59(102)91-83(115)89-43-10-12-45(116-6)13-11-43/h7-16,23-29,33-36,40-41,50-51,58,60,62-71,73-74,82,88,98-101,103-107H,17-22,30-32,87H2,1-6H3,(H,90,113)(H,92,112)(H,93,109)(H,94,111)(H,95,114)(H,96,108)(H,97,110)(H2,89,91,102,115)/t34-,35?,36?,40?,41?,50+,51-,58+,60-,62?,63+,64+,65-,66+,67-,68+,69+,70+,71-,73+,74+,82-,84-/m0/s1. The molecular formula is C84H97Cl2N11O25. The van der Waals surface area contributed by atoms with Gasteiger partial charge in [0.1, 0.15) is 101 Å².